The van der Waals surface area contributed by atoms with E-state index in [0.29, 0.717) is 24.6 Å². The van der Waals surface area contributed by atoms with Crippen LogP contribution in [0.1, 0.15) is 45.7 Å². The van der Waals surface area contributed by atoms with E-state index in [2.05, 4.69) is 20.2 Å². The van der Waals surface area contributed by atoms with Crippen LogP contribution in [0.15, 0.2) is 10.9 Å². The molecule has 2 N–H and O–H groups in total. The fourth-order valence-electron chi connectivity index (χ4n) is 2.40. The topological polar surface area (TPSA) is 78.1 Å². The number of H-pyrrole nitrogens is 1. The first kappa shape index (κ1) is 15.5. The van der Waals surface area contributed by atoms with E-state index >= 15 is 0 Å². The zero-order chi connectivity index (χ0) is 15.5. The van der Waals surface area contributed by atoms with Crippen molar-refractivity contribution in [2.45, 2.75) is 46.6 Å². The molecule has 0 bridgehead atoms. The minimum absolute atomic E-state index is 0.0210. The standard InChI is InChI=1S/C15H24N4O2/c1-15(2,3)9-13(21)16-10-11-8-12(20)18-14(17-11)19-6-4-5-7-19/h8H,4-7,9-10H2,1-3H3,(H,16,21)(H,17,18,20). The van der Waals surface area contributed by atoms with Crippen LogP contribution in [0.3, 0.4) is 0 Å². The van der Waals surface area contributed by atoms with Crippen molar-refractivity contribution in [3.8, 4) is 0 Å². The number of hydrogen-bond acceptors (Lipinski definition) is 4. The van der Waals surface area contributed by atoms with Crippen molar-refractivity contribution >= 4 is 11.9 Å². The van der Waals surface area contributed by atoms with Gasteiger partial charge in [-0.2, -0.15) is 0 Å². The lowest BCUT2D eigenvalue weighted by atomic mass is 9.92. The number of nitrogens with zero attached hydrogens (tertiary/aromatic N) is 2. The Morgan fingerprint density at radius 2 is 2.05 bits per heavy atom. The minimum Gasteiger partial charge on any atom is -0.350 e. The maximum absolute atomic E-state index is 11.8. The summed E-state index contributed by atoms with van der Waals surface area (Å²) < 4.78 is 0. The van der Waals surface area contributed by atoms with Gasteiger partial charge in [0.15, 0.2) is 0 Å². The van der Waals surface area contributed by atoms with Gasteiger partial charge in [0, 0.05) is 25.6 Å². The van der Waals surface area contributed by atoms with Crippen LogP contribution in [-0.2, 0) is 11.3 Å². The Morgan fingerprint density at radius 1 is 1.38 bits per heavy atom. The van der Waals surface area contributed by atoms with Crippen LogP contribution in [0.4, 0.5) is 5.95 Å². The van der Waals surface area contributed by atoms with E-state index in [-0.39, 0.29) is 16.9 Å². The van der Waals surface area contributed by atoms with Crippen LogP contribution >= 0.6 is 0 Å². The van der Waals surface area contributed by atoms with Gasteiger partial charge in [-0.3, -0.25) is 14.6 Å². The van der Waals surface area contributed by atoms with Crippen molar-refractivity contribution in [3.63, 3.8) is 0 Å². The predicted molar refractivity (Wildman–Crippen MR) is 82.2 cm³/mol. The summed E-state index contributed by atoms with van der Waals surface area (Å²) >= 11 is 0. The number of hydrogen-bond donors (Lipinski definition) is 2. The van der Waals surface area contributed by atoms with Crippen LogP contribution < -0.4 is 15.8 Å². The van der Waals surface area contributed by atoms with Crippen LogP contribution in [0.2, 0.25) is 0 Å². The van der Waals surface area contributed by atoms with E-state index < -0.39 is 0 Å². The van der Waals surface area contributed by atoms with E-state index in [1.807, 2.05) is 20.8 Å². The lowest BCUT2D eigenvalue weighted by Gasteiger charge is -2.18. The number of aromatic nitrogens is 2. The first-order valence-corrected chi connectivity index (χ1v) is 7.45. The Labute approximate surface area is 125 Å². The largest absolute Gasteiger partial charge is 0.350 e. The average molecular weight is 292 g/mol. The summed E-state index contributed by atoms with van der Waals surface area (Å²) in [7, 11) is 0. The molecule has 0 saturated carbocycles. The van der Waals surface area contributed by atoms with Crippen molar-refractivity contribution in [1.29, 1.82) is 0 Å². The molecular formula is C15H24N4O2. The Kier molecular flexibility index (Phi) is 4.65. The van der Waals surface area contributed by atoms with Crippen molar-refractivity contribution in [2.24, 2.45) is 5.41 Å². The molecule has 0 spiro atoms. The van der Waals surface area contributed by atoms with Crippen molar-refractivity contribution in [2.75, 3.05) is 18.0 Å². The van der Waals surface area contributed by atoms with Gasteiger partial charge in [0.05, 0.1) is 12.2 Å². The summed E-state index contributed by atoms with van der Waals surface area (Å²) in [5.41, 5.74) is 0.377. The highest BCUT2D eigenvalue weighted by molar-refractivity contribution is 5.76. The molecule has 6 nitrogen and oxygen atoms in total. The average Bonchev–Trinajstić information content (AvgIpc) is 2.87. The van der Waals surface area contributed by atoms with E-state index in [1.165, 1.54) is 6.07 Å². The number of anilines is 1. The molecule has 1 aromatic heterocycles. The third-order valence-electron chi connectivity index (χ3n) is 3.35. The van der Waals surface area contributed by atoms with Gasteiger partial charge in [-0.15, -0.1) is 0 Å². The predicted octanol–water partition coefficient (Wildman–Crippen LogP) is 1.42. The highest BCUT2D eigenvalue weighted by atomic mass is 16.1. The smallest absolute Gasteiger partial charge is 0.252 e. The van der Waals surface area contributed by atoms with Gasteiger partial charge in [-0.25, -0.2) is 4.98 Å². The molecule has 0 atom stereocenters. The lowest BCUT2D eigenvalue weighted by molar-refractivity contribution is -0.123. The summed E-state index contributed by atoms with van der Waals surface area (Å²) in [6.07, 6.45) is 2.70. The van der Waals surface area contributed by atoms with E-state index in [0.717, 1.165) is 25.9 Å². The van der Waals surface area contributed by atoms with Crippen LogP contribution in [0.5, 0.6) is 0 Å². The SMILES string of the molecule is CC(C)(C)CC(=O)NCc1cc(=O)[nH]c(N2CCCC2)n1. The van der Waals surface area contributed by atoms with Gasteiger partial charge < -0.3 is 10.2 Å². The lowest BCUT2D eigenvalue weighted by Crippen LogP contribution is -2.29. The number of rotatable bonds is 4. The van der Waals surface area contributed by atoms with Gasteiger partial charge in [0.25, 0.3) is 5.56 Å². The molecule has 0 unspecified atom stereocenters. The first-order valence-electron chi connectivity index (χ1n) is 7.45. The third-order valence-corrected chi connectivity index (χ3v) is 3.35. The molecule has 0 aromatic carbocycles. The van der Waals surface area contributed by atoms with Crippen LogP contribution in [0, 0.1) is 5.41 Å². The molecule has 21 heavy (non-hydrogen) atoms. The van der Waals surface area contributed by atoms with E-state index in [9.17, 15) is 9.59 Å². The van der Waals surface area contributed by atoms with Crippen molar-refractivity contribution < 1.29 is 4.79 Å². The number of amides is 1. The number of carbonyl (C=O) groups is 1. The molecular weight excluding hydrogens is 268 g/mol. The maximum atomic E-state index is 11.8. The molecule has 1 saturated heterocycles. The summed E-state index contributed by atoms with van der Waals surface area (Å²) in [5.74, 6) is 0.590. The molecule has 1 fully saturated rings. The number of aromatic amines is 1. The zero-order valence-electron chi connectivity index (χ0n) is 13.0. The van der Waals surface area contributed by atoms with Crippen molar-refractivity contribution in [1.82, 2.24) is 15.3 Å². The number of carbonyl (C=O) groups excluding carboxylic acids is 1. The van der Waals surface area contributed by atoms with Gasteiger partial charge in [-0.1, -0.05) is 20.8 Å². The molecule has 1 aromatic rings. The quantitative estimate of drug-likeness (QED) is 0.880. The second-order valence-corrected chi connectivity index (χ2v) is 6.77. The van der Waals surface area contributed by atoms with Crippen LogP contribution in [0.25, 0.3) is 0 Å². The highest BCUT2D eigenvalue weighted by Gasteiger charge is 2.17. The Balaban J connectivity index is 2.00. The Morgan fingerprint density at radius 3 is 2.67 bits per heavy atom. The van der Waals surface area contributed by atoms with Crippen molar-refractivity contribution in [3.05, 3.63) is 22.1 Å². The van der Waals surface area contributed by atoms with Crippen LogP contribution in [-0.4, -0.2) is 29.0 Å². The van der Waals surface area contributed by atoms with Gasteiger partial charge in [-0.05, 0) is 18.3 Å². The van der Waals surface area contributed by atoms with Gasteiger partial charge in [0.2, 0.25) is 11.9 Å². The number of nitrogens with one attached hydrogen (secondary N) is 2. The fourth-order valence-corrected chi connectivity index (χ4v) is 2.40. The summed E-state index contributed by atoms with van der Waals surface area (Å²) in [6.45, 7) is 8.18. The molecule has 2 heterocycles. The molecule has 1 aliphatic rings. The molecule has 2 rings (SSSR count). The second kappa shape index (κ2) is 6.28. The molecule has 1 aliphatic heterocycles. The molecule has 1 amide bonds. The van der Waals surface area contributed by atoms with Gasteiger partial charge in [0.1, 0.15) is 0 Å². The molecule has 116 valence electrons. The summed E-state index contributed by atoms with van der Waals surface area (Å²) in [4.78, 5) is 32.8. The minimum atomic E-state index is -0.174. The summed E-state index contributed by atoms with van der Waals surface area (Å²) in [6, 6.07) is 1.44. The molecule has 0 aliphatic carbocycles. The normalized spacial score (nSPS) is 15.3. The fraction of sp³-hybridized carbons (Fsp3) is 0.667. The first-order chi connectivity index (χ1) is 9.83. The molecule has 0 radical (unpaired) electrons. The zero-order valence-corrected chi connectivity index (χ0v) is 13.0. The third kappa shape index (κ3) is 4.88. The second-order valence-electron chi connectivity index (χ2n) is 6.77. The Hall–Kier alpha value is -1.85. The maximum Gasteiger partial charge on any atom is 0.252 e. The Bertz CT molecular complexity index is 554. The van der Waals surface area contributed by atoms with E-state index in [4.69, 9.17) is 0 Å². The molecule has 6 heteroatoms. The summed E-state index contributed by atoms with van der Waals surface area (Å²) in [5, 5.41) is 2.83. The van der Waals surface area contributed by atoms with Gasteiger partial charge >= 0.3 is 0 Å². The highest BCUT2D eigenvalue weighted by Crippen LogP contribution is 2.18. The van der Waals surface area contributed by atoms with E-state index in [1.54, 1.807) is 0 Å². The monoisotopic (exact) mass is 292 g/mol.